The average Bonchev–Trinajstić information content (AvgIpc) is 2.63. The Bertz CT molecular complexity index is 886. The molecule has 1 rings (SSSR count). The molecule has 0 amide bonds. The number of rotatable bonds is 6. The molecule has 9 nitrogen and oxygen atoms in total. The van der Waals surface area contributed by atoms with Crippen LogP contribution in [0.4, 0.5) is 0 Å². The predicted octanol–water partition coefficient (Wildman–Crippen LogP) is 6.72. The molecule has 36 heavy (non-hydrogen) atoms. The number of alkyl halides is 6. The third kappa shape index (κ3) is 9.49. The fourth-order valence-corrected chi connectivity index (χ4v) is 3.65. The first-order chi connectivity index (χ1) is 15.7. The molecule has 0 fully saturated rings. The van der Waals surface area contributed by atoms with E-state index < -0.39 is 44.4 Å². The summed E-state index contributed by atoms with van der Waals surface area (Å²) in [5.74, 6) is -2.98. The molecule has 0 aromatic carbocycles. The number of aromatic nitrogens is 3. The molecule has 0 aliphatic carbocycles. The molecule has 1 heterocycles. The van der Waals surface area contributed by atoms with Crippen LogP contribution in [-0.2, 0) is 38.3 Å². The summed E-state index contributed by atoms with van der Waals surface area (Å²) in [5, 5.41) is 0. The van der Waals surface area contributed by atoms with Crippen molar-refractivity contribution in [3.05, 3.63) is 17.5 Å². The molecule has 0 saturated carbocycles. The lowest BCUT2D eigenvalue weighted by Crippen LogP contribution is -2.39. The molecule has 0 bridgehead atoms. The Morgan fingerprint density at radius 2 is 0.639 bits per heavy atom. The summed E-state index contributed by atoms with van der Waals surface area (Å²) in [7, 11) is 0. The van der Waals surface area contributed by atoms with E-state index in [1.165, 1.54) is 0 Å². The fraction of sp³-hybridized carbons (Fsp3) is 0.714. The van der Waals surface area contributed by atoms with Crippen molar-refractivity contribution in [3.8, 4) is 0 Å². The number of ether oxygens (including phenoxy) is 3. The highest BCUT2D eigenvalue weighted by atomic mass is 79.9. The Morgan fingerprint density at radius 3 is 0.778 bits per heavy atom. The highest BCUT2D eigenvalue weighted by Crippen LogP contribution is 2.45. The Kier molecular flexibility index (Phi) is 10.9. The van der Waals surface area contributed by atoms with E-state index in [1.807, 2.05) is 0 Å². The van der Waals surface area contributed by atoms with Gasteiger partial charge in [-0.2, -0.15) is 0 Å². The van der Waals surface area contributed by atoms with Crippen molar-refractivity contribution in [3.63, 3.8) is 0 Å². The monoisotopic (exact) mass is 891 g/mol. The summed E-state index contributed by atoms with van der Waals surface area (Å²) in [5.41, 5.74) is -2.50. The zero-order valence-corrected chi connectivity index (χ0v) is 30.6. The molecule has 0 aliphatic heterocycles. The van der Waals surface area contributed by atoms with E-state index in [1.54, 1.807) is 62.3 Å². The van der Waals surface area contributed by atoms with Gasteiger partial charge in [0.15, 0.2) is 17.5 Å². The van der Waals surface area contributed by atoms with E-state index >= 15 is 0 Å². The van der Waals surface area contributed by atoms with Gasteiger partial charge in [0.05, 0.1) is 0 Å². The summed E-state index contributed by atoms with van der Waals surface area (Å²) < 4.78 is 11.1. The minimum absolute atomic E-state index is 0.213. The van der Waals surface area contributed by atoms with Crippen LogP contribution in [-0.4, -0.2) is 49.7 Å². The van der Waals surface area contributed by atoms with Crippen molar-refractivity contribution in [2.45, 2.75) is 88.8 Å². The third-order valence-corrected chi connectivity index (χ3v) is 7.51. The van der Waals surface area contributed by atoms with Gasteiger partial charge >= 0.3 is 17.9 Å². The van der Waals surface area contributed by atoms with E-state index in [2.05, 4.69) is 111 Å². The van der Waals surface area contributed by atoms with Gasteiger partial charge in [0.25, 0.3) is 0 Å². The Hall–Kier alpha value is 0.300. The van der Waals surface area contributed by atoms with E-state index in [4.69, 9.17) is 14.2 Å². The van der Waals surface area contributed by atoms with Crippen molar-refractivity contribution in [1.29, 1.82) is 0 Å². The minimum Gasteiger partial charge on any atom is -0.458 e. The molecule has 0 radical (unpaired) electrons. The van der Waals surface area contributed by atoms with Crippen LogP contribution in [0.25, 0.3) is 0 Å². The summed E-state index contributed by atoms with van der Waals surface area (Å²) in [6, 6.07) is 0. The maximum Gasteiger partial charge on any atom is 0.342 e. The molecule has 1 aromatic heterocycles. The Balaban J connectivity index is 3.82. The van der Waals surface area contributed by atoms with Gasteiger partial charge in [-0.1, -0.05) is 95.6 Å². The SMILES string of the molecule is CC(C)(C)OC(=O)C(Br)(Br)c1nc(C(Br)(Br)C(=O)OC(C)(C)C)nc(C(Br)(Br)C(=O)OC(C)(C)C)n1. The fourth-order valence-electron chi connectivity index (χ4n) is 2.10. The van der Waals surface area contributed by atoms with Gasteiger partial charge in [0, 0.05) is 0 Å². The lowest BCUT2D eigenvalue weighted by Gasteiger charge is -2.29. The summed E-state index contributed by atoms with van der Waals surface area (Å²) in [6.45, 7) is 15.3. The molecule has 0 spiro atoms. The largest absolute Gasteiger partial charge is 0.458 e. The highest BCUT2D eigenvalue weighted by Gasteiger charge is 2.50. The van der Waals surface area contributed by atoms with Crippen molar-refractivity contribution in [2.24, 2.45) is 0 Å². The minimum atomic E-state index is -1.77. The molecule has 15 heteroatoms. The lowest BCUT2D eigenvalue weighted by atomic mass is 10.2. The molecular weight excluding hydrogens is 870 g/mol. The van der Waals surface area contributed by atoms with Crippen molar-refractivity contribution in [1.82, 2.24) is 15.0 Å². The lowest BCUT2D eigenvalue weighted by molar-refractivity contribution is -0.156. The maximum atomic E-state index is 13.0. The van der Waals surface area contributed by atoms with Crippen LogP contribution >= 0.6 is 95.6 Å². The van der Waals surface area contributed by atoms with E-state index in [0.29, 0.717) is 0 Å². The number of carbonyl (C=O) groups excluding carboxylic acids is 3. The number of halogens is 6. The van der Waals surface area contributed by atoms with Gasteiger partial charge in [-0.25, -0.2) is 29.3 Å². The van der Waals surface area contributed by atoms with Gasteiger partial charge in [-0.15, -0.1) is 0 Å². The van der Waals surface area contributed by atoms with Crippen LogP contribution < -0.4 is 0 Å². The van der Waals surface area contributed by atoms with Crippen LogP contribution in [0.1, 0.15) is 79.8 Å². The standard InChI is InChI=1S/C21H27Br6N3O6/c1-16(2,3)34-13(31)19(22,23)10-28-11(20(24,25)14(32)35-17(4,5)6)30-12(29-10)21(26,27)15(33)36-18(7,8)9/h1-9H3. The van der Waals surface area contributed by atoms with Crippen molar-refractivity contribution < 1.29 is 28.6 Å². The third-order valence-electron chi connectivity index (χ3n) is 3.44. The number of carbonyl (C=O) groups is 3. The molecule has 204 valence electrons. The van der Waals surface area contributed by atoms with E-state index in [0.717, 1.165) is 0 Å². The molecule has 0 saturated heterocycles. The highest BCUT2D eigenvalue weighted by molar-refractivity contribution is 9.25. The zero-order valence-electron chi connectivity index (χ0n) is 21.1. The zero-order chi connectivity index (χ0) is 28.7. The smallest absolute Gasteiger partial charge is 0.342 e. The predicted molar refractivity (Wildman–Crippen MR) is 156 cm³/mol. The van der Waals surface area contributed by atoms with Gasteiger partial charge in [0.2, 0.25) is 9.70 Å². The van der Waals surface area contributed by atoms with Crippen LogP contribution in [0.15, 0.2) is 0 Å². The molecular formula is C21H27Br6N3O6. The molecule has 0 unspecified atom stereocenters. The maximum absolute atomic E-state index is 13.0. The van der Waals surface area contributed by atoms with Crippen LogP contribution in [0.3, 0.4) is 0 Å². The number of hydrogen-bond acceptors (Lipinski definition) is 9. The van der Waals surface area contributed by atoms with Gasteiger partial charge in [-0.05, 0) is 62.3 Å². The second kappa shape index (κ2) is 11.4. The van der Waals surface area contributed by atoms with Gasteiger partial charge < -0.3 is 14.2 Å². The average molecular weight is 897 g/mol. The second-order valence-electron chi connectivity index (χ2n) is 10.5. The molecule has 1 aromatic rings. The summed E-state index contributed by atoms with van der Waals surface area (Å²) in [6.07, 6.45) is 0. The van der Waals surface area contributed by atoms with Gasteiger partial charge in [0.1, 0.15) is 16.8 Å². The second-order valence-corrected chi connectivity index (χ2v) is 20.9. The quantitative estimate of drug-likeness (QED) is 0.174. The summed E-state index contributed by atoms with van der Waals surface area (Å²) >= 11 is 19.7. The molecule has 0 aliphatic rings. The van der Waals surface area contributed by atoms with Crippen LogP contribution in [0.2, 0.25) is 0 Å². The topological polar surface area (TPSA) is 118 Å². The van der Waals surface area contributed by atoms with Gasteiger partial charge in [-0.3, -0.25) is 0 Å². The number of nitrogens with zero attached hydrogens (tertiary/aromatic N) is 3. The van der Waals surface area contributed by atoms with Crippen LogP contribution in [0.5, 0.6) is 0 Å². The molecule has 0 atom stereocenters. The van der Waals surface area contributed by atoms with E-state index in [9.17, 15) is 14.4 Å². The Labute approximate surface area is 261 Å². The number of hydrogen-bond donors (Lipinski definition) is 0. The number of esters is 3. The summed E-state index contributed by atoms with van der Waals surface area (Å²) in [4.78, 5) is 52.0. The normalized spacial score (nSPS) is 13.8. The van der Waals surface area contributed by atoms with E-state index in [-0.39, 0.29) is 17.5 Å². The molecule has 0 N–H and O–H groups in total. The first kappa shape index (κ1) is 34.3. The van der Waals surface area contributed by atoms with Crippen molar-refractivity contribution >= 4 is 113 Å². The first-order valence-electron chi connectivity index (χ1n) is 10.3. The first-order valence-corrected chi connectivity index (χ1v) is 15.1. The van der Waals surface area contributed by atoms with Crippen LogP contribution in [0, 0.1) is 0 Å². The Morgan fingerprint density at radius 1 is 0.472 bits per heavy atom. The van der Waals surface area contributed by atoms with Crippen molar-refractivity contribution in [2.75, 3.05) is 0 Å².